The number of rotatable bonds is 3. The maximum Gasteiger partial charge on any atom is 0.0892 e. The minimum absolute atomic E-state index is 0.199. The number of nitrogens with two attached hydrogens (primary N) is 1. The minimum atomic E-state index is -0.199. The van der Waals surface area contributed by atoms with Crippen molar-refractivity contribution < 1.29 is 0 Å². The van der Waals surface area contributed by atoms with E-state index in [0.717, 1.165) is 16.6 Å². The van der Waals surface area contributed by atoms with Gasteiger partial charge in [-0.15, -0.1) is 0 Å². The number of hydrogen-bond donors (Lipinski definition) is 1. The highest BCUT2D eigenvalue weighted by Crippen LogP contribution is 2.26. The predicted octanol–water partition coefficient (Wildman–Crippen LogP) is 3.28. The molecule has 2 heterocycles. The Labute approximate surface area is 126 Å². The standard InChI is InChI=1S/C14H12Cl2N4/c15-10-2-1-9(12(16)6-10)5-13(17)11-7-19-20-4-3-18-8-14(11)20/h1-4,6-8,13H,5,17H2. The third-order valence-electron chi connectivity index (χ3n) is 3.21. The zero-order chi connectivity index (χ0) is 14.1. The number of fused-ring (bicyclic) bond motifs is 1. The highest BCUT2D eigenvalue weighted by Gasteiger charge is 2.14. The van der Waals surface area contributed by atoms with Crippen molar-refractivity contribution in [3.05, 3.63) is 64.2 Å². The average Bonchev–Trinajstić information content (AvgIpc) is 2.86. The van der Waals surface area contributed by atoms with Crippen LogP contribution >= 0.6 is 23.2 Å². The second-order valence-corrected chi connectivity index (χ2v) is 5.40. The van der Waals surface area contributed by atoms with Crippen LogP contribution in [0.4, 0.5) is 0 Å². The van der Waals surface area contributed by atoms with Gasteiger partial charge in [0, 0.05) is 34.0 Å². The van der Waals surface area contributed by atoms with E-state index in [2.05, 4.69) is 10.1 Å². The molecule has 0 aliphatic carbocycles. The molecular weight excluding hydrogens is 295 g/mol. The molecule has 4 nitrogen and oxygen atoms in total. The number of benzene rings is 1. The van der Waals surface area contributed by atoms with E-state index in [1.54, 1.807) is 35.4 Å². The second kappa shape index (κ2) is 5.40. The number of aromatic nitrogens is 3. The summed E-state index contributed by atoms with van der Waals surface area (Å²) in [5.74, 6) is 0. The summed E-state index contributed by atoms with van der Waals surface area (Å²) < 4.78 is 1.76. The fourth-order valence-electron chi connectivity index (χ4n) is 2.17. The molecule has 0 saturated carbocycles. The van der Waals surface area contributed by atoms with E-state index in [-0.39, 0.29) is 6.04 Å². The minimum Gasteiger partial charge on any atom is -0.324 e. The molecule has 3 rings (SSSR count). The van der Waals surface area contributed by atoms with Gasteiger partial charge in [0.05, 0.1) is 17.9 Å². The van der Waals surface area contributed by atoms with Crippen molar-refractivity contribution in [2.24, 2.45) is 5.73 Å². The first kappa shape index (κ1) is 13.4. The van der Waals surface area contributed by atoms with Crippen molar-refractivity contribution in [1.29, 1.82) is 0 Å². The van der Waals surface area contributed by atoms with Crippen LogP contribution < -0.4 is 5.73 Å². The Bertz CT molecular complexity index is 754. The Morgan fingerprint density at radius 2 is 2.10 bits per heavy atom. The van der Waals surface area contributed by atoms with Crippen molar-refractivity contribution >= 4 is 28.7 Å². The number of hydrogen-bond acceptors (Lipinski definition) is 3. The van der Waals surface area contributed by atoms with Crippen LogP contribution in [0.1, 0.15) is 17.2 Å². The van der Waals surface area contributed by atoms with Gasteiger partial charge in [0.25, 0.3) is 0 Å². The molecule has 1 aromatic carbocycles. The third kappa shape index (κ3) is 2.50. The van der Waals surface area contributed by atoms with E-state index in [9.17, 15) is 0 Å². The molecule has 102 valence electrons. The summed E-state index contributed by atoms with van der Waals surface area (Å²) in [4.78, 5) is 4.10. The zero-order valence-corrected chi connectivity index (χ0v) is 12.0. The largest absolute Gasteiger partial charge is 0.324 e. The predicted molar refractivity (Wildman–Crippen MR) is 80.1 cm³/mol. The fraction of sp³-hybridized carbons (Fsp3) is 0.143. The van der Waals surface area contributed by atoms with Crippen molar-refractivity contribution in [2.45, 2.75) is 12.5 Å². The van der Waals surface area contributed by atoms with E-state index < -0.39 is 0 Å². The molecule has 0 aliphatic heterocycles. The lowest BCUT2D eigenvalue weighted by atomic mass is 10.0. The molecule has 1 atom stereocenters. The Morgan fingerprint density at radius 3 is 2.90 bits per heavy atom. The average molecular weight is 307 g/mol. The van der Waals surface area contributed by atoms with Gasteiger partial charge >= 0.3 is 0 Å². The summed E-state index contributed by atoms with van der Waals surface area (Å²) in [6.07, 6.45) is 7.62. The molecule has 2 N–H and O–H groups in total. The first-order valence-corrected chi connectivity index (χ1v) is 6.87. The SMILES string of the molecule is NC(Cc1ccc(Cl)cc1Cl)c1cnn2ccncc12. The van der Waals surface area contributed by atoms with Crippen LogP contribution in [0, 0.1) is 0 Å². The van der Waals surface area contributed by atoms with Crippen molar-refractivity contribution in [3.63, 3.8) is 0 Å². The van der Waals surface area contributed by atoms with Gasteiger partial charge in [0.15, 0.2) is 0 Å². The molecule has 0 radical (unpaired) electrons. The smallest absolute Gasteiger partial charge is 0.0892 e. The molecule has 0 fully saturated rings. The lowest BCUT2D eigenvalue weighted by Crippen LogP contribution is -2.13. The Kier molecular flexibility index (Phi) is 3.61. The van der Waals surface area contributed by atoms with E-state index in [1.807, 2.05) is 12.1 Å². The van der Waals surface area contributed by atoms with E-state index in [1.165, 1.54) is 0 Å². The monoisotopic (exact) mass is 306 g/mol. The van der Waals surface area contributed by atoms with E-state index in [0.29, 0.717) is 16.5 Å². The maximum absolute atomic E-state index is 6.27. The highest BCUT2D eigenvalue weighted by molar-refractivity contribution is 6.35. The van der Waals surface area contributed by atoms with Crippen LogP contribution in [0.3, 0.4) is 0 Å². The van der Waals surface area contributed by atoms with Crippen LogP contribution in [0.5, 0.6) is 0 Å². The molecule has 6 heteroatoms. The first-order chi connectivity index (χ1) is 9.65. The topological polar surface area (TPSA) is 56.2 Å². The molecule has 0 bridgehead atoms. The molecule has 20 heavy (non-hydrogen) atoms. The van der Waals surface area contributed by atoms with Gasteiger partial charge in [-0.3, -0.25) is 4.98 Å². The van der Waals surface area contributed by atoms with Crippen LogP contribution in [-0.4, -0.2) is 14.6 Å². The summed E-state index contributed by atoms with van der Waals surface area (Å²) in [7, 11) is 0. The van der Waals surface area contributed by atoms with Gasteiger partial charge in [-0.1, -0.05) is 29.3 Å². The lowest BCUT2D eigenvalue weighted by molar-refractivity contribution is 0.727. The molecule has 1 unspecified atom stereocenters. The summed E-state index contributed by atoms with van der Waals surface area (Å²) in [5, 5.41) is 5.51. The van der Waals surface area contributed by atoms with Gasteiger partial charge in [0.2, 0.25) is 0 Å². The Balaban J connectivity index is 1.91. The lowest BCUT2D eigenvalue weighted by Gasteiger charge is -2.12. The van der Waals surface area contributed by atoms with Crippen LogP contribution in [0.15, 0.2) is 43.0 Å². The molecular formula is C14H12Cl2N4. The summed E-state index contributed by atoms with van der Waals surface area (Å²) in [5.41, 5.74) is 9.09. The summed E-state index contributed by atoms with van der Waals surface area (Å²) in [6, 6.07) is 5.24. The van der Waals surface area contributed by atoms with Crippen LogP contribution in [-0.2, 0) is 6.42 Å². The number of nitrogens with zero attached hydrogens (tertiary/aromatic N) is 3. The Hall–Kier alpha value is -1.62. The molecule has 0 spiro atoms. The molecule has 0 saturated heterocycles. The zero-order valence-electron chi connectivity index (χ0n) is 10.5. The van der Waals surface area contributed by atoms with Crippen molar-refractivity contribution in [2.75, 3.05) is 0 Å². The van der Waals surface area contributed by atoms with E-state index >= 15 is 0 Å². The third-order valence-corrected chi connectivity index (χ3v) is 3.80. The van der Waals surface area contributed by atoms with Gasteiger partial charge in [-0.25, -0.2) is 4.52 Å². The molecule has 3 aromatic rings. The normalized spacial score (nSPS) is 12.8. The van der Waals surface area contributed by atoms with Crippen LogP contribution in [0.25, 0.3) is 5.52 Å². The van der Waals surface area contributed by atoms with E-state index in [4.69, 9.17) is 28.9 Å². The van der Waals surface area contributed by atoms with Crippen LogP contribution in [0.2, 0.25) is 10.0 Å². The molecule has 0 aliphatic rings. The number of halogens is 2. The fourth-order valence-corrected chi connectivity index (χ4v) is 2.66. The summed E-state index contributed by atoms with van der Waals surface area (Å²) >= 11 is 12.1. The van der Waals surface area contributed by atoms with Gasteiger partial charge in [-0.2, -0.15) is 5.10 Å². The summed E-state index contributed by atoms with van der Waals surface area (Å²) in [6.45, 7) is 0. The quantitative estimate of drug-likeness (QED) is 0.808. The Morgan fingerprint density at radius 1 is 1.25 bits per heavy atom. The van der Waals surface area contributed by atoms with Gasteiger partial charge in [0.1, 0.15) is 0 Å². The highest BCUT2D eigenvalue weighted by atomic mass is 35.5. The molecule has 2 aromatic heterocycles. The molecule has 0 amide bonds. The second-order valence-electron chi connectivity index (χ2n) is 4.55. The van der Waals surface area contributed by atoms with Crippen molar-refractivity contribution in [3.8, 4) is 0 Å². The maximum atomic E-state index is 6.27. The van der Waals surface area contributed by atoms with Gasteiger partial charge < -0.3 is 5.73 Å². The first-order valence-electron chi connectivity index (χ1n) is 6.12. The van der Waals surface area contributed by atoms with Crippen molar-refractivity contribution in [1.82, 2.24) is 14.6 Å². The van der Waals surface area contributed by atoms with Gasteiger partial charge in [-0.05, 0) is 24.1 Å².